The Kier molecular flexibility index (Phi) is 3.29. The Hall–Kier alpha value is -0.830. The summed E-state index contributed by atoms with van der Waals surface area (Å²) in [5.74, 6) is 0.111. The van der Waals surface area contributed by atoms with Gasteiger partial charge in [0.2, 0.25) is 5.91 Å². The molecule has 1 saturated heterocycles. The quantitative estimate of drug-likeness (QED) is 0.624. The molecular weight excluding hydrogens is 152 g/mol. The van der Waals surface area contributed by atoms with Crippen molar-refractivity contribution >= 4 is 5.91 Å². The summed E-state index contributed by atoms with van der Waals surface area (Å²) in [6, 6.07) is -0.240. The summed E-state index contributed by atoms with van der Waals surface area (Å²) in [5, 5.41) is 0. The van der Waals surface area contributed by atoms with Crippen LogP contribution in [0.5, 0.6) is 0 Å². The fourth-order valence-corrected chi connectivity index (χ4v) is 1.38. The lowest BCUT2D eigenvalue weighted by Crippen LogP contribution is -2.34. The van der Waals surface area contributed by atoms with E-state index in [-0.39, 0.29) is 11.9 Å². The summed E-state index contributed by atoms with van der Waals surface area (Å²) in [4.78, 5) is 13.1. The molecule has 1 heterocycles. The van der Waals surface area contributed by atoms with Gasteiger partial charge in [-0.25, -0.2) is 0 Å². The Labute approximate surface area is 73.2 Å². The Balaban J connectivity index is 2.29. The standard InChI is InChI=1S/C9H16N2O/c1-2-3-4-6-11-7-5-8(10)9(11)12/h2-3,8H,4-7,10H2,1H3/b3-2+. The van der Waals surface area contributed by atoms with E-state index < -0.39 is 0 Å². The van der Waals surface area contributed by atoms with Crippen molar-refractivity contribution in [1.82, 2.24) is 4.90 Å². The first-order valence-corrected chi connectivity index (χ1v) is 4.41. The van der Waals surface area contributed by atoms with E-state index in [0.717, 1.165) is 25.9 Å². The molecule has 0 saturated carbocycles. The van der Waals surface area contributed by atoms with Crippen LogP contribution in [0.1, 0.15) is 19.8 Å². The van der Waals surface area contributed by atoms with Crippen LogP contribution in [0, 0.1) is 0 Å². The van der Waals surface area contributed by atoms with Crippen molar-refractivity contribution in [3.8, 4) is 0 Å². The molecule has 0 aliphatic carbocycles. The van der Waals surface area contributed by atoms with E-state index in [4.69, 9.17) is 5.73 Å². The molecule has 0 aromatic heterocycles. The molecule has 3 heteroatoms. The van der Waals surface area contributed by atoms with E-state index in [0.29, 0.717) is 0 Å². The third-order valence-electron chi connectivity index (χ3n) is 2.14. The van der Waals surface area contributed by atoms with Gasteiger partial charge < -0.3 is 10.6 Å². The number of nitrogens with zero attached hydrogens (tertiary/aromatic N) is 1. The van der Waals surface area contributed by atoms with Crippen LogP contribution in [0.3, 0.4) is 0 Å². The number of allylic oxidation sites excluding steroid dienone is 1. The molecule has 1 aliphatic rings. The monoisotopic (exact) mass is 168 g/mol. The van der Waals surface area contributed by atoms with Gasteiger partial charge in [-0.2, -0.15) is 0 Å². The van der Waals surface area contributed by atoms with Crippen LogP contribution in [0.4, 0.5) is 0 Å². The molecule has 68 valence electrons. The second kappa shape index (κ2) is 4.26. The summed E-state index contributed by atoms with van der Waals surface area (Å²) in [6.45, 7) is 3.63. The predicted octanol–water partition coefficient (Wildman–Crippen LogP) is 0.512. The van der Waals surface area contributed by atoms with Gasteiger partial charge in [0.15, 0.2) is 0 Å². The SMILES string of the molecule is C/C=C/CCN1CCC(N)C1=O. The van der Waals surface area contributed by atoms with Crippen molar-refractivity contribution in [2.24, 2.45) is 5.73 Å². The molecule has 1 fully saturated rings. The first-order chi connectivity index (χ1) is 5.75. The molecule has 0 bridgehead atoms. The van der Waals surface area contributed by atoms with Gasteiger partial charge in [0.25, 0.3) is 0 Å². The van der Waals surface area contributed by atoms with Gasteiger partial charge in [-0.05, 0) is 19.8 Å². The first-order valence-electron chi connectivity index (χ1n) is 4.41. The predicted molar refractivity (Wildman–Crippen MR) is 48.6 cm³/mol. The fourth-order valence-electron chi connectivity index (χ4n) is 1.38. The molecule has 0 spiro atoms. The molecule has 0 aromatic carbocycles. The highest BCUT2D eigenvalue weighted by atomic mass is 16.2. The van der Waals surface area contributed by atoms with E-state index in [1.165, 1.54) is 0 Å². The van der Waals surface area contributed by atoms with E-state index in [9.17, 15) is 4.79 Å². The molecule has 3 nitrogen and oxygen atoms in total. The number of carbonyl (C=O) groups excluding carboxylic acids is 1. The van der Waals surface area contributed by atoms with Gasteiger partial charge in [0.05, 0.1) is 6.04 Å². The smallest absolute Gasteiger partial charge is 0.239 e. The van der Waals surface area contributed by atoms with Crippen molar-refractivity contribution in [2.45, 2.75) is 25.8 Å². The lowest BCUT2D eigenvalue weighted by molar-refractivity contribution is -0.128. The Bertz CT molecular complexity index is 189. The summed E-state index contributed by atoms with van der Waals surface area (Å²) < 4.78 is 0. The minimum Gasteiger partial charge on any atom is -0.341 e. The minimum absolute atomic E-state index is 0.111. The summed E-state index contributed by atoms with van der Waals surface area (Å²) >= 11 is 0. The van der Waals surface area contributed by atoms with Crippen LogP contribution in [-0.2, 0) is 4.79 Å². The molecule has 1 aliphatic heterocycles. The molecule has 1 unspecified atom stereocenters. The number of carbonyl (C=O) groups is 1. The maximum Gasteiger partial charge on any atom is 0.239 e. The second-order valence-corrected chi connectivity index (χ2v) is 3.08. The third kappa shape index (κ3) is 2.08. The fraction of sp³-hybridized carbons (Fsp3) is 0.667. The topological polar surface area (TPSA) is 46.3 Å². The van der Waals surface area contributed by atoms with Crippen molar-refractivity contribution in [3.05, 3.63) is 12.2 Å². The maximum atomic E-state index is 11.3. The van der Waals surface area contributed by atoms with Gasteiger partial charge in [-0.3, -0.25) is 4.79 Å². The number of hydrogen-bond acceptors (Lipinski definition) is 2. The third-order valence-corrected chi connectivity index (χ3v) is 2.14. The number of likely N-dealkylation sites (tertiary alicyclic amines) is 1. The van der Waals surface area contributed by atoms with Crippen LogP contribution >= 0.6 is 0 Å². The van der Waals surface area contributed by atoms with Crippen LogP contribution in [0.25, 0.3) is 0 Å². The lowest BCUT2D eigenvalue weighted by atomic mass is 10.3. The molecule has 0 radical (unpaired) electrons. The van der Waals surface area contributed by atoms with Gasteiger partial charge >= 0.3 is 0 Å². The molecule has 1 rings (SSSR count). The van der Waals surface area contributed by atoms with Crippen molar-refractivity contribution in [3.63, 3.8) is 0 Å². The van der Waals surface area contributed by atoms with Gasteiger partial charge in [0.1, 0.15) is 0 Å². The Morgan fingerprint density at radius 3 is 3.00 bits per heavy atom. The second-order valence-electron chi connectivity index (χ2n) is 3.08. The molecule has 1 atom stereocenters. The summed E-state index contributed by atoms with van der Waals surface area (Å²) in [7, 11) is 0. The normalized spacial score (nSPS) is 24.3. The average Bonchev–Trinajstić information content (AvgIpc) is 2.36. The Morgan fingerprint density at radius 1 is 1.75 bits per heavy atom. The van der Waals surface area contributed by atoms with E-state index in [1.54, 1.807) is 0 Å². The molecule has 2 N–H and O–H groups in total. The summed E-state index contributed by atoms with van der Waals surface area (Å²) in [5.41, 5.74) is 5.56. The van der Waals surface area contributed by atoms with Gasteiger partial charge in [-0.1, -0.05) is 12.2 Å². The van der Waals surface area contributed by atoms with E-state index in [1.807, 2.05) is 17.9 Å². The van der Waals surface area contributed by atoms with E-state index >= 15 is 0 Å². The summed E-state index contributed by atoms with van der Waals surface area (Å²) in [6.07, 6.45) is 5.82. The average molecular weight is 168 g/mol. The number of hydrogen-bond donors (Lipinski definition) is 1. The first kappa shape index (κ1) is 9.26. The molecule has 1 amide bonds. The lowest BCUT2D eigenvalue weighted by Gasteiger charge is -2.13. The number of amides is 1. The van der Waals surface area contributed by atoms with Crippen LogP contribution in [0.15, 0.2) is 12.2 Å². The zero-order chi connectivity index (χ0) is 8.97. The zero-order valence-corrected chi connectivity index (χ0v) is 7.49. The highest BCUT2D eigenvalue weighted by Gasteiger charge is 2.27. The van der Waals surface area contributed by atoms with Gasteiger partial charge in [0, 0.05) is 13.1 Å². The number of rotatable bonds is 3. The molecule has 12 heavy (non-hydrogen) atoms. The van der Waals surface area contributed by atoms with Crippen LogP contribution < -0.4 is 5.73 Å². The molecule has 0 aromatic rings. The zero-order valence-electron chi connectivity index (χ0n) is 7.49. The Morgan fingerprint density at radius 2 is 2.50 bits per heavy atom. The van der Waals surface area contributed by atoms with Crippen molar-refractivity contribution in [1.29, 1.82) is 0 Å². The minimum atomic E-state index is -0.240. The number of nitrogens with two attached hydrogens (primary N) is 1. The van der Waals surface area contributed by atoms with Crippen molar-refractivity contribution < 1.29 is 4.79 Å². The highest BCUT2D eigenvalue weighted by molar-refractivity contribution is 5.83. The van der Waals surface area contributed by atoms with E-state index in [2.05, 4.69) is 6.08 Å². The van der Waals surface area contributed by atoms with Gasteiger partial charge in [-0.15, -0.1) is 0 Å². The van der Waals surface area contributed by atoms with Crippen LogP contribution in [-0.4, -0.2) is 29.9 Å². The largest absolute Gasteiger partial charge is 0.341 e. The van der Waals surface area contributed by atoms with Crippen LogP contribution in [0.2, 0.25) is 0 Å². The highest BCUT2D eigenvalue weighted by Crippen LogP contribution is 2.09. The maximum absolute atomic E-state index is 11.3. The van der Waals surface area contributed by atoms with Crippen molar-refractivity contribution in [2.75, 3.05) is 13.1 Å². The molecular formula is C9H16N2O.